The van der Waals surface area contributed by atoms with E-state index in [1.165, 1.54) is 43.5 Å². The van der Waals surface area contributed by atoms with Crippen LogP contribution in [0.3, 0.4) is 0 Å². The number of benzene rings is 1. The highest BCUT2D eigenvalue weighted by molar-refractivity contribution is 5.75. The molecule has 27 heavy (non-hydrogen) atoms. The molecule has 1 aliphatic heterocycles. The molecule has 2 aromatic rings. The first kappa shape index (κ1) is 19.3. The molecule has 0 radical (unpaired) electrons. The molecule has 1 aromatic carbocycles. The van der Waals surface area contributed by atoms with Gasteiger partial charge in [0.1, 0.15) is 12.4 Å². The van der Waals surface area contributed by atoms with Crippen molar-refractivity contribution in [2.45, 2.75) is 45.2 Å². The maximum atomic E-state index is 13.0. The molecule has 1 aliphatic rings. The number of hydrogen-bond acceptors (Lipinski definition) is 5. The van der Waals surface area contributed by atoms with Crippen molar-refractivity contribution in [2.24, 2.45) is 0 Å². The Morgan fingerprint density at radius 2 is 2.11 bits per heavy atom. The van der Waals surface area contributed by atoms with Crippen LogP contribution >= 0.6 is 0 Å². The standard InChI is InChI=1S/C19H25FN4O3/c1-14-5-2-3-11-23(14)12-4-10-21-17(25)13-24-19(26)27-18(22-24)15-6-8-16(20)9-7-15/h6-9,14H,2-5,10-13H2,1H3,(H,21,25)/t14-/m0/s1. The lowest BCUT2D eigenvalue weighted by Gasteiger charge is -2.33. The van der Waals surface area contributed by atoms with Gasteiger partial charge in [-0.1, -0.05) is 6.42 Å². The largest absolute Gasteiger partial charge is 0.437 e. The minimum absolute atomic E-state index is 0.0619. The molecule has 0 unspecified atom stereocenters. The number of hydrogen-bond donors (Lipinski definition) is 1. The molecular formula is C19H25FN4O3. The van der Waals surface area contributed by atoms with Crippen LogP contribution in [0.4, 0.5) is 4.39 Å². The zero-order chi connectivity index (χ0) is 19.2. The summed E-state index contributed by atoms with van der Waals surface area (Å²) >= 11 is 0. The number of nitrogens with one attached hydrogen (secondary N) is 1. The first-order chi connectivity index (χ1) is 13.0. The molecule has 0 aliphatic carbocycles. The van der Waals surface area contributed by atoms with Gasteiger partial charge in [0.05, 0.1) is 0 Å². The van der Waals surface area contributed by atoms with E-state index >= 15 is 0 Å². The monoisotopic (exact) mass is 376 g/mol. The van der Waals surface area contributed by atoms with Crippen LogP contribution in [-0.4, -0.2) is 46.3 Å². The van der Waals surface area contributed by atoms with E-state index in [0.29, 0.717) is 18.2 Å². The summed E-state index contributed by atoms with van der Waals surface area (Å²) in [5, 5.41) is 6.82. The molecule has 1 aromatic heterocycles. The van der Waals surface area contributed by atoms with Gasteiger partial charge in [-0.3, -0.25) is 4.79 Å². The fourth-order valence-corrected chi connectivity index (χ4v) is 3.31. The van der Waals surface area contributed by atoms with E-state index in [-0.39, 0.29) is 24.2 Å². The highest BCUT2D eigenvalue weighted by Gasteiger charge is 2.17. The van der Waals surface area contributed by atoms with Gasteiger partial charge in [0.15, 0.2) is 0 Å². The zero-order valence-corrected chi connectivity index (χ0v) is 15.5. The third-order valence-corrected chi connectivity index (χ3v) is 4.88. The van der Waals surface area contributed by atoms with Crippen LogP contribution in [0.1, 0.15) is 32.6 Å². The Balaban J connectivity index is 1.46. The van der Waals surface area contributed by atoms with Gasteiger partial charge in [-0.2, -0.15) is 4.68 Å². The number of carbonyl (C=O) groups is 1. The van der Waals surface area contributed by atoms with Gasteiger partial charge in [-0.15, -0.1) is 5.10 Å². The van der Waals surface area contributed by atoms with Gasteiger partial charge in [0.25, 0.3) is 0 Å². The molecule has 3 rings (SSSR count). The third kappa shape index (κ3) is 5.26. The minimum Gasteiger partial charge on any atom is -0.388 e. The molecule has 0 bridgehead atoms. The second kappa shape index (κ2) is 8.94. The topological polar surface area (TPSA) is 80.4 Å². The van der Waals surface area contributed by atoms with Crippen molar-refractivity contribution >= 4 is 5.91 Å². The number of rotatable bonds is 7. The maximum absolute atomic E-state index is 13.0. The van der Waals surface area contributed by atoms with Crippen molar-refractivity contribution in [2.75, 3.05) is 19.6 Å². The van der Waals surface area contributed by atoms with Gasteiger partial charge >= 0.3 is 5.76 Å². The molecule has 146 valence electrons. The summed E-state index contributed by atoms with van der Waals surface area (Å²) in [4.78, 5) is 26.4. The van der Waals surface area contributed by atoms with E-state index in [1.54, 1.807) is 0 Å². The number of nitrogens with zero attached hydrogens (tertiary/aromatic N) is 3. The Labute approximate surface area is 157 Å². The number of aromatic nitrogens is 2. The van der Waals surface area contributed by atoms with Crippen LogP contribution in [0.15, 0.2) is 33.5 Å². The van der Waals surface area contributed by atoms with Crippen molar-refractivity contribution in [1.82, 2.24) is 20.0 Å². The predicted octanol–water partition coefficient (Wildman–Crippen LogP) is 2.02. The molecule has 1 amide bonds. The second-order valence-electron chi connectivity index (χ2n) is 6.92. The summed E-state index contributed by atoms with van der Waals surface area (Å²) in [6.45, 7) is 4.67. The molecular weight excluding hydrogens is 351 g/mol. The Morgan fingerprint density at radius 1 is 1.33 bits per heavy atom. The average molecular weight is 376 g/mol. The van der Waals surface area contributed by atoms with E-state index in [4.69, 9.17) is 4.42 Å². The van der Waals surface area contributed by atoms with Crippen molar-refractivity contribution < 1.29 is 13.6 Å². The van der Waals surface area contributed by atoms with Crippen LogP contribution in [0.25, 0.3) is 11.5 Å². The van der Waals surface area contributed by atoms with Crippen molar-refractivity contribution in [1.29, 1.82) is 0 Å². The summed E-state index contributed by atoms with van der Waals surface area (Å²) in [5.41, 5.74) is 0.475. The Morgan fingerprint density at radius 3 is 2.85 bits per heavy atom. The first-order valence-electron chi connectivity index (χ1n) is 9.37. The molecule has 0 spiro atoms. The number of piperidine rings is 1. The fraction of sp³-hybridized carbons (Fsp3) is 0.526. The van der Waals surface area contributed by atoms with Crippen molar-refractivity contribution in [3.63, 3.8) is 0 Å². The van der Waals surface area contributed by atoms with Crippen molar-refractivity contribution in [3.05, 3.63) is 40.6 Å². The molecule has 7 nitrogen and oxygen atoms in total. The van der Waals surface area contributed by atoms with E-state index in [1.807, 2.05) is 0 Å². The van der Waals surface area contributed by atoms with Gasteiger partial charge in [-0.25, -0.2) is 9.18 Å². The summed E-state index contributed by atoms with van der Waals surface area (Å²) in [6, 6.07) is 6.04. The quantitative estimate of drug-likeness (QED) is 0.748. The Hall–Kier alpha value is -2.48. The van der Waals surface area contributed by atoms with E-state index in [9.17, 15) is 14.0 Å². The fourth-order valence-electron chi connectivity index (χ4n) is 3.31. The maximum Gasteiger partial charge on any atom is 0.437 e. The highest BCUT2D eigenvalue weighted by atomic mass is 19.1. The minimum atomic E-state index is -0.716. The lowest BCUT2D eigenvalue weighted by molar-refractivity contribution is -0.121. The van der Waals surface area contributed by atoms with E-state index < -0.39 is 5.76 Å². The Bertz CT molecular complexity index is 815. The van der Waals surface area contributed by atoms with Crippen LogP contribution in [0.2, 0.25) is 0 Å². The molecule has 1 atom stereocenters. The second-order valence-corrected chi connectivity index (χ2v) is 6.92. The summed E-state index contributed by atoms with van der Waals surface area (Å²) < 4.78 is 19.0. The first-order valence-corrected chi connectivity index (χ1v) is 9.37. The summed E-state index contributed by atoms with van der Waals surface area (Å²) in [5.74, 6) is -1.33. The van der Waals surface area contributed by atoms with E-state index in [2.05, 4.69) is 22.2 Å². The number of likely N-dealkylation sites (tertiary alicyclic amines) is 1. The normalized spacial score (nSPS) is 17.8. The van der Waals surface area contributed by atoms with E-state index in [0.717, 1.165) is 24.2 Å². The SMILES string of the molecule is C[C@H]1CCCCN1CCCNC(=O)Cn1nc(-c2ccc(F)cc2)oc1=O. The van der Waals surface area contributed by atoms with Gasteiger partial charge in [-0.05, 0) is 57.0 Å². The zero-order valence-electron chi connectivity index (χ0n) is 15.5. The number of carbonyl (C=O) groups excluding carboxylic acids is 1. The Kier molecular flexibility index (Phi) is 6.39. The highest BCUT2D eigenvalue weighted by Crippen LogP contribution is 2.16. The molecule has 1 saturated heterocycles. The molecule has 1 fully saturated rings. The molecule has 0 saturated carbocycles. The average Bonchev–Trinajstić information content (AvgIpc) is 3.01. The van der Waals surface area contributed by atoms with Gasteiger partial charge in [0.2, 0.25) is 11.8 Å². The number of halogens is 1. The predicted molar refractivity (Wildman–Crippen MR) is 98.7 cm³/mol. The van der Waals surface area contributed by atoms with Gasteiger partial charge < -0.3 is 14.6 Å². The smallest absolute Gasteiger partial charge is 0.388 e. The lowest BCUT2D eigenvalue weighted by atomic mass is 10.0. The van der Waals surface area contributed by atoms with Crippen LogP contribution < -0.4 is 11.1 Å². The molecule has 1 N–H and O–H groups in total. The van der Waals surface area contributed by atoms with Crippen LogP contribution in [0, 0.1) is 5.82 Å². The van der Waals surface area contributed by atoms with Crippen molar-refractivity contribution in [3.8, 4) is 11.5 Å². The molecule has 8 heteroatoms. The molecule has 2 heterocycles. The number of amides is 1. The van der Waals surface area contributed by atoms with Crippen LogP contribution in [0.5, 0.6) is 0 Å². The summed E-state index contributed by atoms with van der Waals surface area (Å²) in [6.07, 6.45) is 4.63. The third-order valence-electron chi connectivity index (χ3n) is 4.88. The van der Waals surface area contributed by atoms with Gasteiger partial charge in [0, 0.05) is 24.7 Å². The lowest BCUT2D eigenvalue weighted by Crippen LogP contribution is -2.39. The summed E-state index contributed by atoms with van der Waals surface area (Å²) in [7, 11) is 0. The van der Waals surface area contributed by atoms with Crippen LogP contribution in [-0.2, 0) is 11.3 Å².